The highest BCUT2D eigenvalue weighted by molar-refractivity contribution is 6.51. The highest BCUT2D eigenvalue weighted by Crippen LogP contribution is 2.43. The van der Waals surface area contributed by atoms with Crippen molar-refractivity contribution in [2.45, 2.75) is 66.0 Å². The lowest BCUT2D eigenvalue weighted by Crippen LogP contribution is -2.29. The zero-order chi connectivity index (χ0) is 29.9. The van der Waals surface area contributed by atoms with E-state index >= 15 is 0 Å². The molecule has 1 N–H and O–H groups in total. The van der Waals surface area contributed by atoms with Gasteiger partial charge in [0.15, 0.2) is 0 Å². The molecule has 0 aliphatic carbocycles. The van der Waals surface area contributed by atoms with Crippen LogP contribution < -0.4 is 19.1 Å². The number of anilines is 1. The summed E-state index contributed by atoms with van der Waals surface area (Å²) in [4.78, 5) is 28.6. The van der Waals surface area contributed by atoms with Gasteiger partial charge in [-0.25, -0.2) is 0 Å². The molecule has 1 atom stereocenters. The predicted molar refractivity (Wildman–Crippen MR) is 161 cm³/mol. The Morgan fingerprint density at radius 3 is 2.05 bits per heavy atom. The first-order valence-electron chi connectivity index (χ1n) is 14.0. The summed E-state index contributed by atoms with van der Waals surface area (Å²) in [6.45, 7) is 14.9. The van der Waals surface area contributed by atoms with Crippen molar-refractivity contribution in [1.82, 2.24) is 0 Å². The minimum absolute atomic E-state index is 0.00740. The van der Waals surface area contributed by atoms with Gasteiger partial charge < -0.3 is 19.3 Å². The van der Waals surface area contributed by atoms with Crippen LogP contribution in [-0.2, 0) is 15.0 Å². The largest absolute Gasteiger partial charge is 0.507 e. The second-order valence-electron chi connectivity index (χ2n) is 11.2. The van der Waals surface area contributed by atoms with Gasteiger partial charge in [-0.15, -0.1) is 0 Å². The maximum atomic E-state index is 13.6. The summed E-state index contributed by atoms with van der Waals surface area (Å²) in [7, 11) is 0. The highest BCUT2D eigenvalue weighted by Gasteiger charge is 2.47. The number of rotatable bonds is 9. The Morgan fingerprint density at radius 2 is 1.49 bits per heavy atom. The van der Waals surface area contributed by atoms with Crippen LogP contribution in [-0.4, -0.2) is 36.1 Å². The third-order valence-corrected chi connectivity index (χ3v) is 6.80. The number of nitrogens with zero attached hydrogens (tertiary/aromatic N) is 1. The number of amides is 1. The van der Waals surface area contributed by atoms with Crippen LogP contribution in [0.15, 0.2) is 72.3 Å². The second kappa shape index (κ2) is 12.1. The standard InChI is InChI=1S/C34H39NO6/c1-8-39-25-17-13-24(14-18-25)35-30(22-10-15-26(16-11-22)41-21(3)4)29(32(37)33(35)38)31(36)23-12-19-28(40-9-2)27(20-23)34(5,6)7/h10-21,30,36H,8-9H2,1-7H3/b31-29-. The fourth-order valence-corrected chi connectivity index (χ4v) is 4.98. The summed E-state index contributed by atoms with van der Waals surface area (Å²) in [6, 6.07) is 18.8. The fourth-order valence-electron chi connectivity index (χ4n) is 4.98. The molecule has 216 valence electrons. The lowest BCUT2D eigenvalue weighted by atomic mass is 9.84. The summed E-state index contributed by atoms with van der Waals surface area (Å²) in [5.74, 6) is 0.327. The SMILES string of the molecule is CCOc1ccc(N2C(=O)C(=O)/C(=C(\O)c3ccc(OCC)c(C(C)(C)C)c3)C2c2ccc(OC(C)C)cc2)cc1. The van der Waals surface area contributed by atoms with Crippen LogP contribution in [0.1, 0.15) is 71.2 Å². The first kappa shape index (κ1) is 29.7. The molecule has 1 unspecified atom stereocenters. The zero-order valence-corrected chi connectivity index (χ0v) is 24.9. The molecular formula is C34H39NO6. The van der Waals surface area contributed by atoms with Crippen molar-refractivity contribution < 1.29 is 28.9 Å². The minimum atomic E-state index is -0.856. The van der Waals surface area contributed by atoms with Gasteiger partial charge in [-0.2, -0.15) is 0 Å². The quantitative estimate of drug-likeness (QED) is 0.170. The average Bonchev–Trinajstić information content (AvgIpc) is 3.19. The van der Waals surface area contributed by atoms with Gasteiger partial charge in [-0.3, -0.25) is 14.5 Å². The molecule has 0 aromatic heterocycles. The summed E-state index contributed by atoms with van der Waals surface area (Å²) in [6.07, 6.45) is -0.00740. The van der Waals surface area contributed by atoms with Gasteiger partial charge >= 0.3 is 0 Å². The molecule has 1 fully saturated rings. The van der Waals surface area contributed by atoms with E-state index in [2.05, 4.69) is 20.8 Å². The molecule has 4 rings (SSSR count). The van der Waals surface area contributed by atoms with E-state index in [0.717, 1.165) is 5.56 Å². The van der Waals surface area contributed by atoms with Crippen molar-refractivity contribution in [2.24, 2.45) is 0 Å². The van der Waals surface area contributed by atoms with E-state index in [4.69, 9.17) is 14.2 Å². The Kier molecular flexibility index (Phi) is 8.76. The van der Waals surface area contributed by atoms with Gasteiger partial charge in [0.05, 0.1) is 30.9 Å². The molecule has 1 aliphatic heterocycles. The third-order valence-electron chi connectivity index (χ3n) is 6.80. The molecule has 3 aromatic carbocycles. The molecule has 7 nitrogen and oxygen atoms in total. The van der Waals surface area contributed by atoms with Gasteiger partial charge in [0, 0.05) is 16.8 Å². The first-order chi connectivity index (χ1) is 19.5. The molecule has 1 aliphatic rings. The number of aliphatic hydroxyl groups is 1. The number of hydrogen-bond donors (Lipinski definition) is 1. The number of carbonyl (C=O) groups is 2. The molecular weight excluding hydrogens is 518 g/mol. The number of ether oxygens (including phenoxy) is 3. The van der Waals surface area contributed by atoms with E-state index in [-0.39, 0.29) is 22.9 Å². The van der Waals surface area contributed by atoms with E-state index in [9.17, 15) is 14.7 Å². The zero-order valence-electron chi connectivity index (χ0n) is 24.9. The first-order valence-corrected chi connectivity index (χ1v) is 14.0. The number of Topliss-reactive ketones (excluding diaryl/α,β-unsaturated/α-hetero) is 1. The van der Waals surface area contributed by atoms with Crippen LogP contribution in [0, 0.1) is 0 Å². The average molecular weight is 558 g/mol. The van der Waals surface area contributed by atoms with E-state index in [1.54, 1.807) is 36.4 Å². The Hall–Kier alpha value is -4.26. The molecule has 1 saturated heterocycles. The Morgan fingerprint density at radius 1 is 0.878 bits per heavy atom. The highest BCUT2D eigenvalue weighted by atomic mass is 16.5. The number of carbonyl (C=O) groups excluding carboxylic acids is 2. The van der Waals surface area contributed by atoms with Crippen molar-refractivity contribution in [3.63, 3.8) is 0 Å². The second-order valence-corrected chi connectivity index (χ2v) is 11.2. The Balaban J connectivity index is 1.89. The summed E-state index contributed by atoms with van der Waals surface area (Å²) >= 11 is 0. The monoisotopic (exact) mass is 557 g/mol. The molecule has 1 amide bonds. The number of benzene rings is 3. The van der Waals surface area contributed by atoms with Crippen molar-refractivity contribution in [3.8, 4) is 17.2 Å². The van der Waals surface area contributed by atoms with Crippen LogP contribution in [0.2, 0.25) is 0 Å². The molecule has 1 heterocycles. The summed E-state index contributed by atoms with van der Waals surface area (Å²) < 4.78 is 17.2. The summed E-state index contributed by atoms with van der Waals surface area (Å²) in [5.41, 5.74) is 2.23. The van der Waals surface area contributed by atoms with Gasteiger partial charge in [0.2, 0.25) is 0 Å². The topological polar surface area (TPSA) is 85.3 Å². The summed E-state index contributed by atoms with van der Waals surface area (Å²) in [5, 5.41) is 11.7. The van der Waals surface area contributed by atoms with Crippen molar-refractivity contribution >= 4 is 23.1 Å². The van der Waals surface area contributed by atoms with E-state index in [1.165, 1.54) is 4.90 Å². The maximum absolute atomic E-state index is 13.6. The number of aliphatic hydroxyl groups excluding tert-OH is 1. The fraction of sp³-hybridized carbons (Fsp3) is 0.353. The van der Waals surface area contributed by atoms with Crippen LogP contribution >= 0.6 is 0 Å². The molecule has 0 bridgehead atoms. The molecule has 0 radical (unpaired) electrons. The lowest BCUT2D eigenvalue weighted by Gasteiger charge is -2.26. The molecule has 0 saturated carbocycles. The predicted octanol–water partition coefficient (Wildman–Crippen LogP) is 7.20. The van der Waals surface area contributed by atoms with E-state index in [1.807, 2.05) is 58.0 Å². The maximum Gasteiger partial charge on any atom is 0.300 e. The van der Waals surface area contributed by atoms with Gasteiger partial charge in [-0.05, 0) is 93.3 Å². The van der Waals surface area contributed by atoms with Crippen LogP contribution in [0.25, 0.3) is 5.76 Å². The van der Waals surface area contributed by atoms with Gasteiger partial charge in [0.1, 0.15) is 23.0 Å². The molecule has 41 heavy (non-hydrogen) atoms. The normalized spacial score (nSPS) is 16.8. The lowest BCUT2D eigenvalue weighted by molar-refractivity contribution is -0.132. The number of hydrogen-bond acceptors (Lipinski definition) is 6. The van der Waals surface area contributed by atoms with E-state index < -0.39 is 17.7 Å². The smallest absolute Gasteiger partial charge is 0.300 e. The van der Waals surface area contributed by atoms with Crippen LogP contribution in [0.3, 0.4) is 0 Å². The molecule has 0 spiro atoms. The number of ketones is 1. The third kappa shape index (κ3) is 6.24. The van der Waals surface area contributed by atoms with E-state index in [0.29, 0.717) is 47.3 Å². The Bertz CT molecular complexity index is 1430. The van der Waals surface area contributed by atoms with Gasteiger partial charge in [-0.1, -0.05) is 32.9 Å². The van der Waals surface area contributed by atoms with Crippen LogP contribution in [0.5, 0.6) is 17.2 Å². The van der Waals surface area contributed by atoms with Crippen molar-refractivity contribution in [1.29, 1.82) is 0 Å². The molecule has 3 aromatic rings. The minimum Gasteiger partial charge on any atom is -0.507 e. The molecule has 7 heteroatoms. The van der Waals surface area contributed by atoms with Crippen LogP contribution in [0.4, 0.5) is 5.69 Å². The van der Waals surface area contributed by atoms with Crippen molar-refractivity contribution in [3.05, 3.63) is 89.0 Å². The van der Waals surface area contributed by atoms with Gasteiger partial charge in [0.25, 0.3) is 11.7 Å². The van der Waals surface area contributed by atoms with Crippen molar-refractivity contribution in [2.75, 3.05) is 18.1 Å². The Labute approximate surface area is 242 Å².